The molecule has 0 aromatic heterocycles. The molecule has 1 aromatic rings. The quantitative estimate of drug-likeness (QED) is 0.822. The number of nitrogens with two attached hydrogens (primary N) is 1. The lowest BCUT2D eigenvalue weighted by Crippen LogP contribution is -2.32. The van der Waals surface area contributed by atoms with Gasteiger partial charge in [0, 0.05) is 18.2 Å². The highest BCUT2D eigenvalue weighted by Crippen LogP contribution is 2.29. The first-order chi connectivity index (χ1) is 8.91. The number of sulfone groups is 1. The van der Waals surface area contributed by atoms with Gasteiger partial charge in [-0.25, -0.2) is 12.8 Å². The Hall–Kier alpha value is -1.50. The molecule has 0 atom stereocenters. The van der Waals surface area contributed by atoms with E-state index >= 15 is 0 Å². The zero-order chi connectivity index (χ0) is 14.0. The molecule has 1 fully saturated rings. The first-order valence-electron chi connectivity index (χ1n) is 6.01. The minimum Gasteiger partial charge on any atom is -0.494 e. The molecule has 5 nitrogen and oxygen atoms in total. The average Bonchev–Trinajstić information content (AvgIpc) is 2.35. The molecule has 106 valence electrons. The maximum atomic E-state index is 13.4. The van der Waals surface area contributed by atoms with E-state index in [1.807, 2.05) is 0 Å². The fourth-order valence-corrected chi connectivity index (χ4v) is 3.60. The van der Waals surface area contributed by atoms with Gasteiger partial charge in [0.2, 0.25) is 0 Å². The second-order valence-corrected chi connectivity index (χ2v) is 6.95. The molecule has 1 aliphatic rings. The third-order valence-corrected chi connectivity index (χ3v) is 4.95. The minimum atomic E-state index is -2.89. The molecule has 2 rings (SSSR count). The maximum Gasteiger partial charge on any atom is 0.167 e. The Morgan fingerprint density at radius 2 is 2.00 bits per heavy atom. The molecule has 7 heteroatoms. The van der Waals surface area contributed by atoms with Crippen molar-refractivity contribution in [2.45, 2.75) is 18.9 Å². The van der Waals surface area contributed by atoms with Crippen molar-refractivity contribution in [3.63, 3.8) is 0 Å². The van der Waals surface area contributed by atoms with Crippen LogP contribution in [0.25, 0.3) is 0 Å². The summed E-state index contributed by atoms with van der Waals surface area (Å²) in [6, 6.07) is 2.72. The number of methoxy groups -OCH3 is 1. The van der Waals surface area contributed by atoms with Crippen LogP contribution in [0.1, 0.15) is 12.8 Å². The number of halogens is 1. The Kier molecular flexibility index (Phi) is 3.84. The van der Waals surface area contributed by atoms with E-state index in [1.165, 1.54) is 19.2 Å². The molecule has 0 unspecified atom stereocenters. The topological polar surface area (TPSA) is 81.4 Å². The lowest BCUT2D eigenvalue weighted by atomic mass is 10.1. The summed E-state index contributed by atoms with van der Waals surface area (Å²) < 4.78 is 41.0. The molecule has 0 aliphatic carbocycles. The van der Waals surface area contributed by atoms with Gasteiger partial charge in [-0.2, -0.15) is 0 Å². The fraction of sp³-hybridized carbons (Fsp3) is 0.500. The summed E-state index contributed by atoms with van der Waals surface area (Å²) in [6.45, 7) is 0. The minimum absolute atomic E-state index is 0.0287. The van der Waals surface area contributed by atoms with Crippen LogP contribution in [0.15, 0.2) is 12.1 Å². The number of benzene rings is 1. The predicted molar refractivity (Wildman–Crippen MR) is 72.7 cm³/mol. The van der Waals surface area contributed by atoms with Crippen LogP contribution < -0.4 is 15.8 Å². The van der Waals surface area contributed by atoms with Crippen molar-refractivity contribution < 1.29 is 17.5 Å². The lowest BCUT2D eigenvalue weighted by molar-refractivity contribution is 0.387. The maximum absolute atomic E-state index is 13.4. The Morgan fingerprint density at radius 1 is 1.37 bits per heavy atom. The first kappa shape index (κ1) is 13.9. The molecule has 1 heterocycles. The van der Waals surface area contributed by atoms with E-state index in [0.717, 1.165) is 0 Å². The van der Waals surface area contributed by atoms with Crippen LogP contribution in [-0.4, -0.2) is 33.1 Å². The summed E-state index contributed by atoms with van der Waals surface area (Å²) in [5.41, 5.74) is 6.59. The number of rotatable bonds is 3. The molecule has 0 amide bonds. The average molecular weight is 288 g/mol. The number of hydrogen-bond acceptors (Lipinski definition) is 5. The Morgan fingerprint density at radius 3 is 2.58 bits per heavy atom. The summed E-state index contributed by atoms with van der Waals surface area (Å²) in [7, 11) is -1.51. The second-order valence-electron chi connectivity index (χ2n) is 4.64. The highest BCUT2D eigenvalue weighted by Gasteiger charge is 2.24. The monoisotopic (exact) mass is 288 g/mol. The highest BCUT2D eigenvalue weighted by atomic mass is 32.2. The number of hydrogen-bond donors (Lipinski definition) is 2. The summed E-state index contributed by atoms with van der Waals surface area (Å²) in [5.74, 6) is -0.0666. The molecule has 0 saturated carbocycles. The number of anilines is 2. The Labute approximate surface area is 111 Å². The van der Waals surface area contributed by atoms with Crippen molar-refractivity contribution in [1.29, 1.82) is 0 Å². The van der Waals surface area contributed by atoms with E-state index in [1.54, 1.807) is 0 Å². The number of nitrogen functional groups attached to an aromatic ring is 1. The van der Waals surface area contributed by atoms with Crippen LogP contribution in [0, 0.1) is 5.82 Å². The van der Waals surface area contributed by atoms with Gasteiger partial charge >= 0.3 is 0 Å². The fourth-order valence-electron chi connectivity index (χ4n) is 2.10. The molecular weight excluding hydrogens is 271 g/mol. The van der Waals surface area contributed by atoms with Crippen molar-refractivity contribution in [2.24, 2.45) is 0 Å². The smallest absolute Gasteiger partial charge is 0.167 e. The van der Waals surface area contributed by atoms with E-state index in [4.69, 9.17) is 10.5 Å². The molecular formula is C12H17FN2O3S. The van der Waals surface area contributed by atoms with E-state index in [9.17, 15) is 12.8 Å². The largest absolute Gasteiger partial charge is 0.494 e. The second kappa shape index (κ2) is 5.24. The molecule has 0 bridgehead atoms. The zero-order valence-electron chi connectivity index (χ0n) is 10.6. The summed E-state index contributed by atoms with van der Waals surface area (Å²) in [4.78, 5) is 0. The summed E-state index contributed by atoms with van der Waals surface area (Å²) in [5, 5.41) is 3.15. The lowest BCUT2D eigenvalue weighted by Gasteiger charge is -2.25. The van der Waals surface area contributed by atoms with Crippen LogP contribution in [0.2, 0.25) is 0 Å². The molecule has 1 aliphatic heterocycles. The SMILES string of the molecule is COc1cc(NC2CCS(=O)(=O)CC2)c(N)cc1F. The summed E-state index contributed by atoms with van der Waals surface area (Å²) in [6.07, 6.45) is 1.06. The highest BCUT2D eigenvalue weighted by molar-refractivity contribution is 7.91. The molecule has 19 heavy (non-hydrogen) atoms. The van der Waals surface area contributed by atoms with Gasteiger partial charge in [0.1, 0.15) is 9.84 Å². The van der Waals surface area contributed by atoms with Crippen LogP contribution in [-0.2, 0) is 9.84 Å². The van der Waals surface area contributed by atoms with Crippen LogP contribution in [0.3, 0.4) is 0 Å². The van der Waals surface area contributed by atoms with Gasteiger partial charge < -0.3 is 15.8 Å². The molecule has 3 N–H and O–H groups in total. The molecule has 0 radical (unpaired) electrons. The zero-order valence-corrected chi connectivity index (χ0v) is 11.5. The van der Waals surface area contributed by atoms with Gasteiger partial charge in [0.15, 0.2) is 11.6 Å². The van der Waals surface area contributed by atoms with Crippen molar-refractivity contribution >= 4 is 21.2 Å². The van der Waals surface area contributed by atoms with Gasteiger partial charge in [0.25, 0.3) is 0 Å². The van der Waals surface area contributed by atoms with Crippen LogP contribution in [0.5, 0.6) is 5.75 Å². The van der Waals surface area contributed by atoms with E-state index in [0.29, 0.717) is 18.5 Å². The standard InChI is InChI=1S/C12H17FN2O3S/c1-18-12-7-11(10(14)6-9(12)13)15-8-2-4-19(16,17)5-3-8/h6-8,15H,2-5,14H2,1H3. The summed E-state index contributed by atoms with van der Waals surface area (Å²) >= 11 is 0. The van der Waals surface area contributed by atoms with Crippen LogP contribution in [0.4, 0.5) is 15.8 Å². The third kappa shape index (κ3) is 3.28. The number of nitrogens with one attached hydrogen (secondary N) is 1. The van der Waals surface area contributed by atoms with Crippen molar-refractivity contribution in [3.8, 4) is 5.75 Å². The third-order valence-electron chi connectivity index (χ3n) is 3.24. The van der Waals surface area contributed by atoms with Crippen LogP contribution >= 0.6 is 0 Å². The van der Waals surface area contributed by atoms with Gasteiger partial charge in [-0.3, -0.25) is 0 Å². The van der Waals surface area contributed by atoms with E-state index in [2.05, 4.69) is 5.32 Å². The van der Waals surface area contributed by atoms with Gasteiger partial charge in [-0.05, 0) is 12.8 Å². The van der Waals surface area contributed by atoms with Gasteiger partial charge in [0.05, 0.1) is 30.0 Å². The van der Waals surface area contributed by atoms with E-state index in [-0.39, 0.29) is 29.0 Å². The van der Waals surface area contributed by atoms with Crippen molar-refractivity contribution in [2.75, 3.05) is 29.7 Å². The van der Waals surface area contributed by atoms with E-state index < -0.39 is 15.7 Å². The van der Waals surface area contributed by atoms with Crippen molar-refractivity contribution in [3.05, 3.63) is 17.9 Å². The Bertz CT molecular complexity index is 561. The first-order valence-corrected chi connectivity index (χ1v) is 7.83. The molecule has 1 saturated heterocycles. The predicted octanol–water partition coefficient (Wildman–Crippen LogP) is 1.41. The number of ether oxygens (including phenoxy) is 1. The molecule has 0 spiro atoms. The van der Waals surface area contributed by atoms with Crippen molar-refractivity contribution in [1.82, 2.24) is 0 Å². The van der Waals surface area contributed by atoms with Gasteiger partial charge in [-0.1, -0.05) is 0 Å². The molecule has 1 aromatic carbocycles. The Balaban J connectivity index is 2.11. The normalized spacial score (nSPS) is 19.1. The van der Waals surface area contributed by atoms with Gasteiger partial charge in [-0.15, -0.1) is 0 Å².